The molecule has 0 aromatic rings. The summed E-state index contributed by atoms with van der Waals surface area (Å²) in [6.45, 7) is 5.83. The molecule has 1 heterocycles. The van der Waals surface area contributed by atoms with Crippen LogP contribution in [0.25, 0.3) is 0 Å². The van der Waals surface area contributed by atoms with Crippen LogP contribution < -0.4 is 0 Å². The third-order valence-corrected chi connectivity index (χ3v) is 2.63. The van der Waals surface area contributed by atoms with E-state index in [1.165, 1.54) is 0 Å². The number of hydrogen-bond acceptors (Lipinski definition) is 2. The number of aliphatic hydroxyl groups excluding tert-OH is 1. The van der Waals surface area contributed by atoms with Gasteiger partial charge in [-0.2, -0.15) is 0 Å². The van der Waals surface area contributed by atoms with Crippen LogP contribution in [0.4, 0.5) is 0 Å². The molecule has 3 heteroatoms. The van der Waals surface area contributed by atoms with Gasteiger partial charge in [-0.05, 0) is 18.8 Å². The lowest BCUT2D eigenvalue weighted by atomic mass is 10.1. The maximum atomic E-state index is 11.6. The first-order chi connectivity index (χ1) is 6.15. The van der Waals surface area contributed by atoms with Gasteiger partial charge in [0, 0.05) is 25.6 Å². The Morgan fingerprint density at radius 1 is 1.62 bits per heavy atom. The van der Waals surface area contributed by atoms with E-state index in [-0.39, 0.29) is 18.4 Å². The highest BCUT2D eigenvalue weighted by Gasteiger charge is 2.26. The van der Waals surface area contributed by atoms with Crippen molar-refractivity contribution in [3.8, 4) is 0 Å². The molecule has 0 aromatic heterocycles. The molecule has 0 radical (unpaired) electrons. The number of carbonyl (C=O) groups is 1. The SMILES string of the molecule is CC(C)C(=O)N1CCC(CCO)C1. The Morgan fingerprint density at radius 3 is 2.85 bits per heavy atom. The first-order valence-electron chi connectivity index (χ1n) is 5.04. The van der Waals surface area contributed by atoms with Gasteiger partial charge in [0.25, 0.3) is 0 Å². The van der Waals surface area contributed by atoms with Gasteiger partial charge in [0.05, 0.1) is 0 Å². The minimum Gasteiger partial charge on any atom is -0.396 e. The molecular formula is C10H19NO2. The number of carbonyl (C=O) groups excluding carboxylic acids is 1. The summed E-state index contributed by atoms with van der Waals surface area (Å²) in [5.41, 5.74) is 0. The van der Waals surface area contributed by atoms with Gasteiger partial charge >= 0.3 is 0 Å². The molecule has 1 fully saturated rings. The Morgan fingerprint density at radius 2 is 2.31 bits per heavy atom. The molecule has 0 aromatic carbocycles. The van der Waals surface area contributed by atoms with Crippen LogP contribution >= 0.6 is 0 Å². The fourth-order valence-corrected chi connectivity index (χ4v) is 1.82. The van der Waals surface area contributed by atoms with Gasteiger partial charge in [-0.25, -0.2) is 0 Å². The van der Waals surface area contributed by atoms with Gasteiger partial charge in [-0.3, -0.25) is 4.79 Å². The monoisotopic (exact) mass is 185 g/mol. The molecule has 1 atom stereocenters. The third kappa shape index (κ3) is 2.69. The number of aliphatic hydroxyl groups is 1. The van der Waals surface area contributed by atoms with Gasteiger partial charge in [-0.15, -0.1) is 0 Å². The predicted molar refractivity (Wildman–Crippen MR) is 51.2 cm³/mol. The number of rotatable bonds is 3. The zero-order chi connectivity index (χ0) is 9.84. The average Bonchev–Trinajstić information content (AvgIpc) is 2.52. The van der Waals surface area contributed by atoms with Crippen molar-refractivity contribution in [3.63, 3.8) is 0 Å². The molecule has 0 bridgehead atoms. The van der Waals surface area contributed by atoms with Crippen molar-refractivity contribution < 1.29 is 9.90 Å². The lowest BCUT2D eigenvalue weighted by Gasteiger charge is -2.18. The van der Waals surface area contributed by atoms with Crippen molar-refractivity contribution in [1.29, 1.82) is 0 Å². The quantitative estimate of drug-likeness (QED) is 0.709. The van der Waals surface area contributed by atoms with Gasteiger partial charge < -0.3 is 10.0 Å². The summed E-state index contributed by atoms with van der Waals surface area (Å²) in [7, 11) is 0. The highest BCUT2D eigenvalue weighted by Crippen LogP contribution is 2.20. The number of nitrogens with zero attached hydrogens (tertiary/aromatic N) is 1. The molecule has 76 valence electrons. The number of hydrogen-bond donors (Lipinski definition) is 1. The van der Waals surface area contributed by atoms with Gasteiger partial charge in [0.1, 0.15) is 0 Å². The zero-order valence-corrected chi connectivity index (χ0v) is 8.49. The van der Waals surface area contributed by atoms with Crippen molar-refractivity contribution in [2.75, 3.05) is 19.7 Å². The van der Waals surface area contributed by atoms with E-state index in [4.69, 9.17) is 5.11 Å². The van der Waals surface area contributed by atoms with Crippen molar-refractivity contribution in [2.24, 2.45) is 11.8 Å². The van der Waals surface area contributed by atoms with Crippen LogP contribution in [0, 0.1) is 11.8 Å². The summed E-state index contributed by atoms with van der Waals surface area (Å²) >= 11 is 0. The second-order valence-electron chi connectivity index (χ2n) is 4.11. The van der Waals surface area contributed by atoms with Crippen LogP contribution in [0.15, 0.2) is 0 Å². The smallest absolute Gasteiger partial charge is 0.225 e. The molecule has 1 amide bonds. The molecule has 1 aliphatic heterocycles. The van der Waals surface area contributed by atoms with Crippen molar-refractivity contribution in [2.45, 2.75) is 26.7 Å². The molecule has 0 aliphatic carbocycles. The Bertz CT molecular complexity index is 180. The summed E-state index contributed by atoms with van der Waals surface area (Å²) in [5, 5.41) is 8.76. The largest absolute Gasteiger partial charge is 0.396 e. The van der Waals surface area contributed by atoms with E-state index in [1.807, 2.05) is 18.7 Å². The van der Waals surface area contributed by atoms with E-state index >= 15 is 0 Å². The minimum atomic E-state index is 0.105. The molecule has 1 unspecified atom stereocenters. The molecule has 1 N–H and O–H groups in total. The first-order valence-corrected chi connectivity index (χ1v) is 5.04. The van der Waals surface area contributed by atoms with E-state index in [2.05, 4.69) is 0 Å². The second-order valence-corrected chi connectivity index (χ2v) is 4.11. The molecule has 1 saturated heterocycles. The number of amides is 1. The van der Waals surface area contributed by atoms with Gasteiger partial charge in [-0.1, -0.05) is 13.8 Å². The Balaban J connectivity index is 2.36. The molecule has 1 rings (SSSR count). The summed E-state index contributed by atoms with van der Waals surface area (Å²) < 4.78 is 0. The molecule has 13 heavy (non-hydrogen) atoms. The fourth-order valence-electron chi connectivity index (χ4n) is 1.82. The van der Waals surface area contributed by atoms with Crippen molar-refractivity contribution in [3.05, 3.63) is 0 Å². The Kier molecular flexibility index (Phi) is 3.72. The third-order valence-electron chi connectivity index (χ3n) is 2.63. The molecule has 0 spiro atoms. The van der Waals surface area contributed by atoms with E-state index in [0.717, 1.165) is 25.9 Å². The second kappa shape index (κ2) is 4.61. The molecule has 0 saturated carbocycles. The lowest BCUT2D eigenvalue weighted by Crippen LogP contribution is -2.32. The fraction of sp³-hybridized carbons (Fsp3) is 0.900. The van der Waals surface area contributed by atoms with E-state index in [1.54, 1.807) is 0 Å². The topological polar surface area (TPSA) is 40.5 Å². The summed E-state index contributed by atoms with van der Waals surface area (Å²) in [4.78, 5) is 13.5. The summed E-state index contributed by atoms with van der Waals surface area (Å²) in [6.07, 6.45) is 1.89. The Labute approximate surface area is 79.7 Å². The van der Waals surface area contributed by atoms with Crippen LogP contribution in [0.1, 0.15) is 26.7 Å². The predicted octanol–water partition coefficient (Wildman–Crippen LogP) is 0.873. The van der Waals surface area contributed by atoms with Crippen molar-refractivity contribution in [1.82, 2.24) is 4.90 Å². The van der Waals surface area contributed by atoms with Gasteiger partial charge in [0.15, 0.2) is 0 Å². The van der Waals surface area contributed by atoms with E-state index < -0.39 is 0 Å². The molecule has 1 aliphatic rings. The minimum absolute atomic E-state index is 0.105. The maximum absolute atomic E-state index is 11.6. The maximum Gasteiger partial charge on any atom is 0.225 e. The van der Waals surface area contributed by atoms with E-state index in [0.29, 0.717) is 5.92 Å². The number of likely N-dealkylation sites (tertiary alicyclic amines) is 1. The normalized spacial score (nSPS) is 22.8. The van der Waals surface area contributed by atoms with Crippen LogP contribution in [-0.4, -0.2) is 35.6 Å². The van der Waals surface area contributed by atoms with Crippen LogP contribution in [-0.2, 0) is 4.79 Å². The van der Waals surface area contributed by atoms with E-state index in [9.17, 15) is 4.79 Å². The van der Waals surface area contributed by atoms with Crippen LogP contribution in [0.3, 0.4) is 0 Å². The zero-order valence-electron chi connectivity index (χ0n) is 8.49. The van der Waals surface area contributed by atoms with Crippen molar-refractivity contribution >= 4 is 5.91 Å². The highest BCUT2D eigenvalue weighted by atomic mass is 16.3. The standard InChI is InChI=1S/C10H19NO2/c1-8(2)10(13)11-5-3-9(7-11)4-6-12/h8-9,12H,3-7H2,1-2H3. The van der Waals surface area contributed by atoms with Crippen LogP contribution in [0.5, 0.6) is 0 Å². The molecule has 3 nitrogen and oxygen atoms in total. The van der Waals surface area contributed by atoms with Crippen LogP contribution in [0.2, 0.25) is 0 Å². The van der Waals surface area contributed by atoms with Gasteiger partial charge in [0.2, 0.25) is 5.91 Å². The first kappa shape index (κ1) is 10.5. The average molecular weight is 185 g/mol. The summed E-state index contributed by atoms with van der Waals surface area (Å²) in [6, 6.07) is 0. The highest BCUT2D eigenvalue weighted by molar-refractivity contribution is 5.78. The Hall–Kier alpha value is -0.570. The molecular weight excluding hydrogens is 166 g/mol. The summed E-state index contributed by atoms with van der Waals surface area (Å²) in [5.74, 6) is 0.876. The lowest BCUT2D eigenvalue weighted by molar-refractivity contribution is -0.133.